The van der Waals surface area contributed by atoms with Crippen molar-refractivity contribution in [2.24, 2.45) is 17.6 Å². The lowest BCUT2D eigenvalue weighted by atomic mass is 9.78. The normalized spacial score (nSPS) is 28.9. The standard InChI is InChI=1S/C13H21NO/c1-10-4-2-5-11(8-10)13(14)9-12-6-3-7-15-12/h3,6-7,10-11,13H,2,4-5,8-9,14H2,1H3. The predicted molar refractivity (Wildman–Crippen MR) is 61.5 cm³/mol. The van der Waals surface area contributed by atoms with Crippen LogP contribution in [-0.4, -0.2) is 6.04 Å². The van der Waals surface area contributed by atoms with Gasteiger partial charge in [0.05, 0.1) is 6.26 Å². The van der Waals surface area contributed by atoms with E-state index in [1.165, 1.54) is 25.7 Å². The molecule has 1 aromatic rings. The number of hydrogen-bond donors (Lipinski definition) is 1. The summed E-state index contributed by atoms with van der Waals surface area (Å²) in [5.41, 5.74) is 6.24. The molecule has 15 heavy (non-hydrogen) atoms. The first-order valence-electron chi connectivity index (χ1n) is 6.03. The Kier molecular flexibility index (Phi) is 3.47. The van der Waals surface area contributed by atoms with Gasteiger partial charge in [-0.1, -0.05) is 19.8 Å². The van der Waals surface area contributed by atoms with Gasteiger partial charge in [-0.3, -0.25) is 0 Å². The van der Waals surface area contributed by atoms with Crippen molar-refractivity contribution >= 4 is 0 Å². The third-order valence-electron chi connectivity index (χ3n) is 3.60. The monoisotopic (exact) mass is 207 g/mol. The van der Waals surface area contributed by atoms with Crippen LogP contribution in [0.5, 0.6) is 0 Å². The SMILES string of the molecule is CC1CCCC(C(N)Cc2ccco2)C1. The van der Waals surface area contributed by atoms with Crippen LogP contribution in [0.15, 0.2) is 22.8 Å². The fraction of sp³-hybridized carbons (Fsp3) is 0.692. The van der Waals surface area contributed by atoms with Gasteiger partial charge in [0, 0.05) is 12.5 Å². The first kappa shape index (κ1) is 10.7. The van der Waals surface area contributed by atoms with Crippen LogP contribution in [0.25, 0.3) is 0 Å². The van der Waals surface area contributed by atoms with Gasteiger partial charge in [0.1, 0.15) is 5.76 Å². The molecule has 0 bridgehead atoms. The third-order valence-corrected chi connectivity index (χ3v) is 3.60. The van der Waals surface area contributed by atoms with E-state index < -0.39 is 0 Å². The van der Waals surface area contributed by atoms with Crippen LogP contribution in [0.2, 0.25) is 0 Å². The van der Waals surface area contributed by atoms with Gasteiger partial charge in [-0.25, -0.2) is 0 Å². The van der Waals surface area contributed by atoms with Crippen LogP contribution in [0.1, 0.15) is 38.4 Å². The summed E-state index contributed by atoms with van der Waals surface area (Å²) < 4.78 is 5.34. The average molecular weight is 207 g/mol. The van der Waals surface area contributed by atoms with Crippen LogP contribution in [0.3, 0.4) is 0 Å². The molecule has 0 radical (unpaired) electrons. The second-order valence-corrected chi connectivity index (χ2v) is 4.98. The predicted octanol–water partition coefficient (Wildman–Crippen LogP) is 2.98. The zero-order valence-corrected chi connectivity index (χ0v) is 9.49. The van der Waals surface area contributed by atoms with Gasteiger partial charge in [0.25, 0.3) is 0 Å². The van der Waals surface area contributed by atoms with E-state index in [9.17, 15) is 0 Å². The molecule has 2 heteroatoms. The molecule has 0 spiro atoms. The van der Waals surface area contributed by atoms with E-state index in [-0.39, 0.29) is 6.04 Å². The molecule has 1 heterocycles. The fourth-order valence-electron chi connectivity index (χ4n) is 2.70. The molecule has 1 aromatic heterocycles. The molecule has 1 saturated carbocycles. The summed E-state index contributed by atoms with van der Waals surface area (Å²) in [6.07, 6.45) is 7.94. The van der Waals surface area contributed by atoms with Crippen molar-refractivity contribution in [3.8, 4) is 0 Å². The zero-order valence-electron chi connectivity index (χ0n) is 9.49. The maximum Gasteiger partial charge on any atom is 0.105 e. The highest BCUT2D eigenvalue weighted by atomic mass is 16.3. The van der Waals surface area contributed by atoms with Gasteiger partial charge >= 0.3 is 0 Å². The Morgan fingerprint density at radius 1 is 1.53 bits per heavy atom. The van der Waals surface area contributed by atoms with E-state index >= 15 is 0 Å². The topological polar surface area (TPSA) is 39.2 Å². The van der Waals surface area contributed by atoms with Crippen molar-refractivity contribution in [1.82, 2.24) is 0 Å². The minimum Gasteiger partial charge on any atom is -0.469 e. The van der Waals surface area contributed by atoms with Gasteiger partial charge in [-0.05, 0) is 36.8 Å². The number of nitrogens with two attached hydrogens (primary N) is 1. The van der Waals surface area contributed by atoms with Crippen molar-refractivity contribution in [3.05, 3.63) is 24.2 Å². The fourth-order valence-corrected chi connectivity index (χ4v) is 2.70. The maximum atomic E-state index is 6.24. The van der Waals surface area contributed by atoms with Crippen molar-refractivity contribution < 1.29 is 4.42 Å². The largest absolute Gasteiger partial charge is 0.469 e. The molecule has 84 valence electrons. The van der Waals surface area contributed by atoms with Gasteiger partial charge < -0.3 is 10.2 Å². The Morgan fingerprint density at radius 2 is 2.40 bits per heavy atom. The molecule has 0 aromatic carbocycles. The van der Waals surface area contributed by atoms with Crippen molar-refractivity contribution in [1.29, 1.82) is 0 Å². The van der Waals surface area contributed by atoms with E-state index in [1.807, 2.05) is 12.1 Å². The second kappa shape index (κ2) is 4.84. The van der Waals surface area contributed by atoms with Gasteiger partial charge in [0.2, 0.25) is 0 Å². The number of rotatable bonds is 3. The Labute approximate surface area is 91.8 Å². The Hall–Kier alpha value is -0.760. The summed E-state index contributed by atoms with van der Waals surface area (Å²) in [6.45, 7) is 2.34. The first-order valence-corrected chi connectivity index (χ1v) is 6.03. The summed E-state index contributed by atoms with van der Waals surface area (Å²) in [7, 11) is 0. The summed E-state index contributed by atoms with van der Waals surface area (Å²) in [4.78, 5) is 0. The van der Waals surface area contributed by atoms with Crippen molar-refractivity contribution in [2.45, 2.75) is 45.1 Å². The van der Waals surface area contributed by atoms with E-state index in [2.05, 4.69) is 6.92 Å². The van der Waals surface area contributed by atoms with Crippen molar-refractivity contribution in [2.75, 3.05) is 0 Å². The highest BCUT2D eigenvalue weighted by Crippen LogP contribution is 2.31. The Bertz CT molecular complexity index is 281. The summed E-state index contributed by atoms with van der Waals surface area (Å²) >= 11 is 0. The maximum absolute atomic E-state index is 6.24. The molecule has 0 saturated heterocycles. The molecule has 2 N–H and O–H groups in total. The minimum atomic E-state index is 0.277. The van der Waals surface area contributed by atoms with E-state index in [4.69, 9.17) is 10.2 Å². The molecule has 1 aliphatic rings. The van der Waals surface area contributed by atoms with E-state index in [0.29, 0.717) is 5.92 Å². The van der Waals surface area contributed by atoms with Crippen molar-refractivity contribution in [3.63, 3.8) is 0 Å². The lowest BCUT2D eigenvalue weighted by Gasteiger charge is -2.30. The molecular formula is C13H21NO. The molecule has 0 amide bonds. The lowest BCUT2D eigenvalue weighted by Crippen LogP contribution is -2.35. The summed E-state index contributed by atoms with van der Waals surface area (Å²) in [6, 6.07) is 4.23. The molecule has 3 unspecified atom stereocenters. The molecule has 3 atom stereocenters. The molecule has 1 fully saturated rings. The second-order valence-electron chi connectivity index (χ2n) is 4.98. The van der Waals surface area contributed by atoms with Crippen LogP contribution in [0, 0.1) is 11.8 Å². The highest BCUT2D eigenvalue weighted by Gasteiger charge is 2.24. The molecule has 2 nitrogen and oxygen atoms in total. The van der Waals surface area contributed by atoms with Crippen LogP contribution in [-0.2, 0) is 6.42 Å². The number of hydrogen-bond acceptors (Lipinski definition) is 2. The van der Waals surface area contributed by atoms with E-state index in [0.717, 1.165) is 18.1 Å². The molecule has 1 aliphatic carbocycles. The van der Waals surface area contributed by atoms with Gasteiger partial charge in [0.15, 0.2) is 0 Å². The van der Waals surface area contributed by atoms with Crippen LogP contribution < -0.4 is 5.73 Å². The quantitative estimate of drug-likeness (QED) is 0.827. The first-order chi connectivity index (χ1) is 7.25. The molecule has 0 aliphatic heterocycles. The Morgan fingerprint density at radius 3 is 3.07 bits per heavy atom. The van der Waals surface area contributed by atoms with Gasteiger partial charge in [-0.2, -0.15) is 0 Å². The minimum absolute atomic E-state index is 0.277. The lowest BCUT2D eigenvalue weighted by molar-refractivity contribution is 0.240. The third kappa shape index (κ3) is 2.85. The van der Waals surface area contributed by atoms with Crippen LogP contribution >= 0.6 is 0 Å². The van der Waals surface area contributed by atoms with Crippen LogP contribution in [0.4, 0.5) is 0 Å². The summed E-state index contributed by atoms with van der Waals surface area (Å²) in [5, 5.41) is 0. The Balaban J connectivity index is 1.87. The van der Waals surface area contributed by atoms with Gasteiger partial charge in [-0.15, -0.1) is 0 Å². The summed E-state index contributed by atoms with van der Waals surface area (Å²) in [5.74, 6) is 2.57. The highest BCUT2D eigenvalue weighted by molar-refractivity contribution is 5.01. The number of furan rings is 1. The smallest absolute Gasteiger partial charge is 0.105 e. The molecular weight excluding hydrogens is 186 g/mol. The average Bonchev–Trinajstić information content (AvgIpc) is 2.70. The molecule has 2 rings (SSSR count). The van der Waals surface area contributed by atoms with E-state index in [1.54, 1.807) is 6.26 Å². The zero-order chi connectivity index (χ0) is 10.7.